The van der Waals surface area contributed by atoms with Gasteiger partial charge in [0, 0.05) is 18.1 Å². The lowest BCUT2D eigenvalue weighted by Gasteiger charge is -2.12. The van der Waals surface area contributed by atoms with Gasteiger partial charge in [-0.1, -0.05) is 13.3 Å². The van der Waals surface area contributed by atoms with E-state index >= 15 is 0 Å². The number of hydrogen-bond donors (Lipinski definition) is 2. The molecule has 1 heterocycles. The van der Waals surface area contributed by atoms with Crippen LogP contribution in [0.1, 0.15) is 19.8 Å². The minimum absolute atomic E-state index is 0. The van der Waals surface area contributed by atoms with Crippen molar-refractivity contribution in [1.29, 1.82) is 0 Å². The molecule has 1 aromatic carbocycles. The molecule has 21 heavy (non-hydrogen) atoms. The number of carbonyl (C=O) groups excluding carboxylic acids is 1. The van der Waals surface area contributed by atoms with E-state index in [9.17, 15) is 9.18 Å². The van der Waals surface area contributed by atoms with Gasteiger partial charge in [-0.15, -0.1) is 12.4 Å². The van der Waals surface area contributed by atoms with Crippen LogP contribution in [0.4, 0.5) is 10.1 Å². The maximum absolute atomic E-state index is 14.0. The van der Waals surface area contributed by atoms with Crippen LogP contribution in [0, 0.1) is 5.82 Å². The fraction of sp³-hybridized carbons (Fsp3) is 0.286. The first-order valence-electron chi connectivity index (χ1n) is 6.48. The van der Waals surface area contributed by atoms with Crippen molar-refractivity contribution in [2.75, 3.05) is 5.32 Å². The number of carbonyl (C=O) groups is 1. The Kier molecular flexibility index (Phi) is 6.33. The van der Waals surface area contributed by atoms with Gasteiger partial charge >= 0.3 is 0 Å². The lowest BCUT2D eigenvalue weighted by Crippen LogP contribution is -2.35. The Balaban J connectivity index is 0.00000220. The average molecular weight is 313 g/mol. The van der Waals surface area contributed by atoms with E-state index in [1.807, 2.05) is 6.92 Å². The number of nitrogens with one attached hydrogen (secondary N) is 1. The Bertz CT molecular complexity index is 589. The number of benzene rings is 1. The number of rotatable bonds is 5. The minimum atomic E-state index is -0.575. The first-order valence-corrected chi connectivity index (χ1v) is 6.48. The number of amides is 1. The molecule has 5 nitrogen and oxygen atoms in total. The summed E-state index contributed by atoms with van der Waals surface area (Å²) in [4.78, 5) is 11.8. The molecule has 2 aromatic rings. The van der Waals surface area contributed by atoms with Crippen LogP contribution < -0.4 is 11.1 Å². The van der Waals surface area contributed by atoms with Crippen molar-refractivity contribution in [2.45, 2.75) is 25.8 Å². The monoisotopic (exact) mass is 312 g/mol. The van der Waals surface area contributed by atoms with Gasteiger partial charge in [0.2, 0.25) is 5.91 Å². The molecule has 1 unspecified atom stereocenters. The van der Waals surface area contributed by atoms with Crippen LogP contribution >= 0.6 is 12.4 Å². The molecule has 0 saturated carbocycles. The molecule has 1 atom stereocenters. The second kappa shape index (κ2) is 7.75. The van der Waals surface area contributed by atoms with E-state index in [1.54, 1.807) is 30.6 Å². The summed E-state index contributed by atoms with van der Waals surface area (Å²) in [5.74, 6) is -0.770. The zero-order valence-electron chi connectivity index (χ0n) is 11.6. The molecule has 3 N–H and O–H groups in total. The molecule has 0 aliphatic carbocycles. The summed E-state index contributed by atoms with van der Waals surface area (Å²) in [7, 11) is 0. The van der Waals surface area contributed by atoms with Gasteiger partial charge < -0.3 is 11.1 Å². The van der Waals surface area contributed by atoms with E-state index in [4.69, 9.17) is 5.73 Å². The summed E-state index contributed by atoms with van der Waals surface area (Å²) >= 11 is 0. The van der Waals surface area contributed by atoms with Crippen LogP contribution in [-0.4, -0.2) is 21.7 Å². The van der Waals surface area contributed by atoms with Gasteiger partial charge in [-0.2, -0.15) is 5.10 Å². The number of nitrogens with zero attached hydrogens (tertiary/aromatic N) is 2. The van der Waals surface area contributed by atoms with Crippen molar-refractivity contribution >= 4 is 24.0 Å². The van der Waals surface area contributed by atoms with E-state index in [0.717, 1.165) is 6.42 Å². The smallest absolute Gasteiger partial charge is 0.241 e. The van der Waals surface area contributed by atoms with Crippen molar-refractivity contribution in [3.63, 3.8) is 0 Å². The molecule has 1 aromatic heterocycles. The summed E-state index contributed by atoms with van der Waals surface area (Å²) in [6.07, 6.45) is 4.63. The quantitative estimate of drug-likeness (QED) is 0.891. The zero-order chi connectivity index (χ0) is 14.5. The highest BCUT2D eigenvalue weighted by Crippen LogP contribution is 2.17. The van der Waals surface area contributed by atoms with E-state index in [2.05, 4.69) is 10.4 Å². The number of hydrogen-bond acceptors (Lipinski definition) is 3. The molecule has 2 rings (SSSR count). The van der Waals surface area contributed by atoms with Gasteiger partial charge in [0.15, 0.2) is 5.82 Å². The SMILES string of the molecule is CCCC(N)C(=O)Nc1ccc(-n2cccn2)c(F)c1.Cl. The van der Waals surface area contributed by atoms with Gasteiger partial charge in [-0.25, -0.2) is 9.07 Å². The minimum Gasteiger partial charge on any atom is -0.325 e. The Morgan fingerprint density at radius 1 is 1.52 bits per heavy atom. The van der Waals surface area contributed by atoms with Crippen LogP contribution in [0.2, 0.25) is 0 Å². The third-order valence-electron chi connectivity index (χ3n) is 2.90. The summed E-state index contributed by atoms with van der Waals surface area (Å²) < 4.78 is 15.4. The second-order valence-corrected chi connectivity index (χ2v) is 4.50. The number of anilines is 1. The third-order valence-corrected chi connectivity index (χ3v) is 2.90. The first kappa shape index (κ1) is 17.1. The topological polar surface area (TPSA) is 72.9 Å². The highest BCUT2D eigenvalue weighted by Gasteiger charge is 2.13. The Morgan fingerprint density at radius 2 is 2.29 bits per heavy atom. The van der Waals surface area contributed by atoms with E-state index in [1.165, 1.54) is 10.7 Å². The van der Waals surface area contributed by atoms with Crippen molar-refractivity contribution in [3.8, 4) is 5.69 Å². The van der Waals surface area contributed by atoms with Crippen LogP contribution in [0.15, 0.2) is 36.7 Å². The van der Waals surface area contributed by atoms with Gasteiger partial charge in [-0.05, 0) is 30.7 Å². The number of nitrogens with two attached hydrogens (primary N) is 1. The highest BCUT2D eigenvalue weighted by molar-refractivity contribution is 5.94. The Labute approximate surface area is 128 Å². The van der Waals surface area contributed by atoms with E-state index in [-0.39, 0.29) is 18.3 Å². The fourth-order valence-corrected chi connectivity index (χ4v) is 1.86. The molecule has 114 valence electrons. The molecule has 0 bridgehead atoms. The molecule has 0 saturated heterocycles. The van der Waals surface area contributed by atoms with Gasteiger partial charge in [-0.3, -0.25) is 4.79 Å². The largest absolute Gasteiger partial charge is 0.325 e. The predicted octanol–water partition coefficient (Wildman–Crippen LogP) is 2.50. The summed E-state index contributed by atoms with van der Waals surface area (Å²) in [6.45, 7) is 1.95. The van der Waals surface area contributed by atoms with Gasteiger partial charge in [0.1, 0.15) is 5.69 Å². The fourth-order valence-electron chi connectivity index (χ4n) is 1.86. The highest BCUT2D eigenvalue weighted by atomic mass is 35.5. The normalized spacial score (nSPS) is 11.6. The maximum atomic E-state index is 14.0. The maximum Gasteiger partial charge on any atom is 0.241 e. The predicted molar refractivity (Wildman–Crippen MR) is 82.3 cm³/mol. The lowest BCUT2D eigenvalue weighted by molar-refractivity contribution is -0.117. The first-order chi connectivity index (χ1) is 9.61. The van der Waals surface area contributed by atoms with Crippen LogP contribution in [0.3, 0.4) is 0 Å². The Hall–Kier alpha value is -1.92. The molecule has 0 fully saturated rings. The molecule has 0 radical (unpaired) electrons. The van der Waals surface area contributed by atoms with Crippen LogP contribution in [-0.2, 0) is 4.79 Å². The van der Waals surface area contributed by atoms with Crippen molar-refractivity contribution in [1.82, 2.24) is 9.78 Å². The summed E-state index contributed by atoms with van der Waals surface area (Å²) in [5, 5.41) is 6.57. The van der Waals surface area contributed by atoms with E-state index in [0.29, 0.717) is 17.8 Å². The zero-order valence-corrected chi connectivity index (χ0v) is 12.4. The average Bonchev–Trinajstić information content (AvgIpc) is 2.93. The lowest BCUT2D eigenvalue weighted by atomic mass is 10.1. The van der Waals surface area contributed by atoms with Crippen LogP contribution in [0.5, 0.6) is 0 Å². The van der Waals surface area contributed by atoms with Crippen LogP contribution in [0.25, 0.3) is 5.69 Å². The molecule has 1 amide bonds. The second-order valence-electron chi connectivity index (χ2n) is 4.50. The van der Waals surface area contributed by atoms with Crippen molar-refractivity contribution in [3.05, 3.63) is 42.5 Å². The van der Waals surface area contributed by atoms with E-state index < -0.39 is 11.9 Å². The molecular formula is C14H18ClFN4O. The Morgan fingerprint density at radius 3 is 2.86 bits per heavy atom. The number of aromatic nitrogens is 2. The summed E-state index contributed by atoms with van der Waals surface area (Å²) in [5.41, 5.74) is 6.41. The molecule has 0 aliphatic heterocycles. The van der Waals surface area contributed by atoms with Gasteiger partial charge in [0.25, 0.3) is 0 Å². The van der Waals surface area contributed by atoms with Crippen molar-refractivity contribution in [2.24, 2.45) is 5.73 Å². The molecule has 0 aliphatic rings. The third kappa shape index (κ3) is 4.27. The molecule has 0 spiro atoms. The molecular weight excluding hydrogens is 295 g/mol. The number of halogens is 2. The molecule has 7 heteroatoms. The van der Waals surface area contributed by atoms with Gasteiger partial charge in [0.05, 0.1) is 6.04 Å². The standard InChI is InChI=1S/C14H17FN4O.ClH/c1-2-4-12(16)14(20)18-10-5-6-13(11(15)9-10)19-8-3-7-17-19;/h3,5-9,12H,2,4,16H2,1H3,(H,18,20);1H. The van der Waals surface area contributed by atoms with Crippen molar-refractivity contribution < 1.29 is 9.18 Å². The summed E-state index contributed by atoms with van der Waals surface area (Å²) in [6, 6.07) is 5.57.